The van der Waals surface area contributed by atoms with Gasteiger partial charge in [-0.3, -0.25) is 4.90 Å². The van der Waals surface area contributed by atoms with E-state index >= 15 is 0 Å². The predicted molar refractivity (Wildman–Crippen MR) is 85.0 cm³/mol. The maximum atomic E-state index is 13.8. The zero-order valence-electron chi connectivity index (χ0n) is 12.7. The van der Waals surface area contributed by atoms with E-state index in [1.165, 1.54) is 12.1 Å². The van der Waals surface area contributed by atoms with E-state index in [0.717, 1.165) is 31.3 Å². The second-order valence-electron chi connectivity index (χ2n) is 5.67. The lowest BCUT2D eigenvalue weighted by atomic mass is 10.1. The Balaban J connectivity index is 1.61. The van der Waals surface area contributed by atoms with Crippen molar-refractivity contribution < 1.29 is 8.78 Å². The van der Waals surface area contributed by atoms with Crippen LogP contribution in [0, 0.1) is 23.0 Å². The summed E-state index contributed by atoms with van der Waals surface area (Å²) < 4.78 is 26.8. The fourth-order valence-corrected chi connectivity index (χ4v) is 2.88. The first-order valence-electron chi connectivity index (χ1n) is 7.57. The molecule has 0 bridgehead atoms. The van der Waals surface area contributed by atoms with E-state index < -0.39 is 11.6 Å². The molecule has 0 saturated carbocycles. The maximum absolute atomic E-state index is 13.8. The molecule has 5 heteroatoms. The summed E-state index contributed by atoms with van der Waals surface area (Å²) in [7, 11) is 0. The van der Waals surface area contributed by atoms with Gasteiger partial charge in [-0.05, 0) is 29.8 Å². The van der Waals surface area contributed by atoms with Crippen molar-refractivity contribution >= 4 is 5.69 Å². The molecule has 2 aromatic rings. The molecule has 1 saturated heterocycles. The van der Waals surface area contributed by atoms with Crippen molar-refractivity contribution in [2.75, 3.05) is 31.1 Å². The Morgan fingerprint density at radius 2 is 1.78 bits per heavy atom. The first-order chi connectivity index (χ1) is 11.2. The van der Waals surface area contributed by atoms with E-state index in [1.54, 1.807) is 6.07 Å². The molecular formula is C18H17F2N3. The van der Waals surface area contributed by atoms with Gasteiger partial charge in [-0.25, -0.2) is 8.78 Å². The number of nitriles is 1. The third-order valence-corrected chi connectivity index (χ3v) is 4.08. The van der Waals surface area contributed by atoms with Crippen LogP contribution in [0.3, 0.4) is 0 Å². The molecule has 1 aliphatic rings. The number of anilines is 1. The molecule has 118 valence electrons. The second kappa shape index (κ2) is 6.76. The monoisotopic (exact) mass is 313 g/mol. The number of piperazine rings is 1. The van der Waals surface area contributed by atoms with Gasteiger partial charge < -0.3 is 4.90 Å². The topological polar surface area (TPSA) is 30.3 Å². The van der Waals surface area contributed by atoms with Gasteiger partial charge in [0.05, 0.1) is 17.3 Å². The van der Waals surface area contributed by atoms with Crippen LogP contribution in [0.4, 0.5) is 14.5 Å². The SMILES string of the molecule is N#Cc1cccc(CN2CCN(c3ccc(F)cc3F)CC2)c1. The fourth-order valence-electron chi connectivity index (χ4n) is 2.88. The van der Waals surface area contributed by atoms with Gasteiger partial charge in [-0.15, -0.1) is 0 Å². The van der Waals surface area contributed by atoms with Crippen molar-refractivity contribution in [1.82, 2.24) is 4.90 Å². The Hall–Kier alpha value is -2.45. The smallest absolute Gasteiger partial charge is 0.149 e. The third-order valence-electron chi connectivity index (χ3n) is 4.08. The molecule has 3 rings (SSSR count). The van der Waals surface area contributed by atoms with Crippen LogP contribution in [0.5, 0.6) is 0 Å². The average molecular weight is 313 g/mol. The van der Waals surface area contributed by atoms with Gasteiger partial charge in [0.1, 0.15) is 11.6 Å². The van der Waals surface area contributed by atoms with E-state index in [1.807, 2.05) is 23.1 Å². The van der Waals surface area contributed by atoms with Gasteiger partial charge in [-0.2, -0.15) is 5.26 Å². The summed E-state index contributed by atoms with van der Waals surface area (Å²) in [4.78, 5) is 4.21. The Labute approximate surface area is 134 Å². The third kappa shape index (κ3) is 3.66. The van der Waals surface area contributed by atoms with Gasteiger partial charge in [0.25, 0.3) is 0 Å². The quantitative estimate of drug-likeness (QED) is 0.872. The molecule has 0 atom stereocenters. The van der Waals surface area contributed by atoms with Gasteiger partial charge in [-0.1, -0.05) is 12.1 Å². The average Bonchev–Trinajstić information content (AvgIpc) is 2.56. The number of hydrogen-bond acceptors (Lipinski definition) is 3. The number of hydrogen-bond donors (Lipinski definition) is 0. The summed E-state index contributed by atoms with van der Waals surface area (Å²) in [6.45, 7) is 3.76. The largest absolute Gasteiger partial charge is 0.367 e. The minimum Gasteiger partial charge on any atom is -0.367 e. The molecule has 0 aromatic heterocycles. The van der Waals surface area contributed by atoms with Crippen molar-refractivity contribution in [3.63, 3.8) is 0 Å². The van der Waals surface area contributed by atoms with Gasteiger partial charge >= 0.3 is 0 Å². The van der Waals surface area contributed by atoms with Crippen LogP contribution in [0.15, 0.2) is 42.5 Å². The summed E-state index contributed by atoms with van der Waals surface area (Å²) in [6.07, 6.45) is 0. The Morgan fingerprint density at radius 3 is 2.48 bits per heavy atom. The van der Waals surface area contributed by atoms with Crippen LogP contribution in [-0.2, 0) is 6.54 Å². The summed E-state index contributed by atoms with van der Waals surface area (Å²) in [5.41, 5.74) is 2.22. The number of halogens is 2. The van der Waals surface area contributed by atoms with E-state index in [0.29, 0.717) is 24.3 Å². The minimum atomic E-state index is -0.553. The molecule has 0 spiro atoms. The number of benzene rings is 2. The minimum absolute atomic E-state index is 0.456. The van der Waals surface area contributed by atoms with Crippen molar-refractivity contribution in [2.24, 2.45) is 0 Å². The van der Waals surface area contributed by atoms with Crippen LogP contribution in [0.2, 0.25) is 0 Å². The molecule has 1 fully saturated rings. The highest BCUT2D eigenvalue weighted by atomic mass is 19.1. The first kappa shape index (κ1) is 15.4. The Kier molecular flexibility index (Phi) is 4.54. The van der Waals surface area contributed by atoms with Crippen molar-refractivity contribution in [3.05, 3.63) is 65.2 Å². The number of rotatable bonds is 3. The molecule has 23 heavy (non-hydrogen) atoms. The molecule has 3 nitrogen and oxygen atoms in total. The summed E-state index contributed by atoms with van der Waals surface area (Å²) in [5, 5.41) is 8.94. The lowest BCUT2D eigenvalue weighted by Crippen LogP contribution is -2.46. The Morgan fingerprint density at radius 1 is 1.00 bits per heavy atom. The zero-order valence-corrected chi connectivity index (χ0v) is 12.7. The summed E-state index contributed by atoms with van der Waals surface area (Å²) in [6, 6.07) is 13.4. The van der Waals surface area contributed by atoms with E-state index in [4.69, 9.17) is 5.26 Å². The molecule has 1 aliphatic heterocycles. The van der Waals surface area contributed by atoms with Gasteiger partial charge in [0.2, 0.25) is 0 Å². The lowest BCUT2D eigenvalue weighted by Gasteiger charge is -2.36. The predicted octanol–water partition coefficient (Wildman–Crippen LogP) is 3.16. The maximum Gasteiger partial charge on any atom is 0.149 e. The highest BCUT2D eigenvalue weighted by Crippen LogP contribution is 2.22. The van der Waals surface area contributed by atoms with Crippen molar-refractivity contribution in [3.8, 4) is 6.07 Å². The number of nitrogens with zero attached hydrogens (tertiary/aromatic N) is 3. The van der Waals surface area contributed by atoms with E-state index in [9.17, 15) is 8.78 Å². The molecule has 0 radical (unpaired) electrons. The fraction of sp³-hybridized carbons (Fsp3) is 0.278. The van der Waals surface area contributed by atoms with Crippen molar-refractivity contribution in [1.29, 1.82) is 5.26 Å². The summed E-state index contributed by atoms with van der Waals surface area (Å²) in [5.74, 6) is -1.07. The highest BCUT2D eigenvalue weighted by Gasteiger charge is 2.19. The Bertz CT molecular complexity index is 731. The first-order valence-corrected chi connectivity index (χ1v) is 7.57. The van der Waals surface area contributed by atoms with Crippen LogP contribution in [-0.4, -0.2) is 31.1 Å². The van der Waals surface area contributed by atoms with Crippen molar-refractivity contribution in [2.45, 2.75) is 6.54 Å². The van der Waals surface area contributed by atoms with Crippen LogP contribution < -0.4 is 4.90 Å². The van der Waals surface area contributed by atoms with E-state index in [-0.39, 0.29) is 0 Å². The lowest BCUT2D eigenvalue weighted by molar-refractivity contribution is 0.249. The zero-order chi connectivity index (χ0) is 16.2. The molecular weight excluding hydrogens is 296 g/mol. The molecule has 0 aliphatic carbocycles. The highest BCUT2D eigenvalue weighted by molar-refractivity contribution is 5.48. The molecule has 0 amide bonds. The second-order valence-corrected chi connectivity index (χ2v) is 5.67. The molecule has 0 N–H and O–H groups in total. The van der Waals surface area contributed by atoms with Crippen LogP contribution >= 0.6 is 0 Å². The van der Waals surface area contributed by atoms with Gasteiger partial charge in [0.15, 0.2) is 0 Å². The van der Waals surface area contributed by atoms with Crippen LogP contribution in [0.25, 0.3) is 0 Å². The van der Waals surface area contributed by atoms with E-state index in [2.05, 4.69) is 11.0 Å². The van der Waals surface area contributed by atoms with Gasteiger partial charge in [0, 0.05) is 38.8 Å². The summed E-state index contributed by atoms with van der Waals surface area (Å²) >= 11 is 0. The molecule has 1 heterocycles. The molecule has 0 unspecified atom stereocenters. The van der Waals surface area contributed by atoms with Crippen LogP contribution in [0.1, 0.15) is 11.1 Å². The molecule has 2 aromatic carbocycles. The standard InChI is InChI=1S/C18H17F2N3/c19-16-4-5-18(17(20)11-16)23-8-6-22(7-9-23)13-15-3-1-2-14(10-15)12-21/h1-5,10-11H,6-9,13H2. The normalized spacial score (nSPS) is 15.4.